The molecule has 2 heterocycles. The zero-order valence-electron chi connectivity index (χ0n) is 16.2. The van der Waals surface area contributed by atoms with Gasteiger partial charge in [-0.2, -0.15) is 0 Å². The van der Waals surface area contributed by atoms with Gasteiger partial charge in [-0.25, -0.2) is 17.1 Å². The van der Waals surface area contributed by atoms with Crippen LogP contribution in [0.4, 0.5) is 10.1 Å². The van der Waals surface area contributed by atoms with Crippen molar-refractivity contribution in [1.82, 2.24) is 24.5 Å². The summed E-state index contributed by atoms with van der Waals surface area (Å²) in [5, 5.41) is 12.5. The van der Waals surface area contributed by atoms with Crippen molar-refractivity contribution < 1.29 is 12.8 Å². The molecule has 1 aliphatic heterocycles. The molecule has 8 nitrogen and oxygen atoms in total. The molecule has 10 heteroatoms. The predicted octanol–water partition coefficient (Wildman–Crippen LogP) is 2.14. The van der Waals surface area contributed by atoms with Gasteiger partial charge in [0, 0.05) is 31.9 Å². The van der Waals surface area contributed by atoms with E-state index in [1.807, 2.05) is 6.07 Å². The third kappa shape index (κ3) is 3.85. The molecular weight excluding hydrogens is 395 g/mol. The Hall–Kier alpha value is -2.85. The van der Waals surface area contributed by atoms with E-state index in [0.717, 1.165) is 30.6 Å². The molecule has 0 spiro atoms. The summed E-state index contributed by atoms with van der Waals surface area (Å²) in [7, 11) is -0.421. The van der Waals surface area contributed by atoms with Gasteiger partial charge < -0.3 is 4.90 Å². The Morgan fingerprint density at radius 1 is 1.14 bits per heavy atom. The van der Waals surface area contributed by atoms with Gasteiger partial charge in [0.1, 0.15) is 12.5 Å². The number of sulfonamides is 1. The maximum atomic E-state index is 13.1. The van der Waals surface area contributed by atoms with Crippen LogP contribution in [0.1, 0.15) is 12.0 Å². The summed E-state index contributed by atoms with van der Waals surface area (Å²) in [6.07, 6.45) is 1.71. The van der Waals surface area contributed by atoms with Crippen molar-refractivity contribution in [1.29, 1.82) is 0 Å². The summed E-state index contributed by atoms with van der Waals surface area (Å²) in [6, 6.07) is 11.1. The minimum absolute atomic E-state index is 0.292. The number of hydrogen-bond acceptors (Lipinski definition) is 6. The first kappa shape index (κ1) is 19.5. The van der Waals surface area contributed by atoms with Gasteiger partial charge >= 0.3 is 0 Å². The number of benzene rings is 2. The highest BCUT2D eigenvalue weighted by molar-refractivity contribution is 7.89. The van der Waals surface area contributed by atoms with Crippen molar-refractivity contribution in [2.45, 2.75) is 24.4 Å². The number of fused-ring (bicyclic) bond motifs is 1. The Balaban J connectivity index is 1.57. The molecule has 2 aromatic carbocycles. The monoisotopic (exact) mass is 416 g/mol. The number of rotatable bonds is 5. The summed E-state index contributed by atoms with van der Waals surface area (Å²) >= 11 is 0. The van der Waals surface area contributed by atoms with Gasteiger partial charge in [0.15, 0.2) is 0 Å². The van der Waals surface area contributed by atoms with E-state index in [0.29, 0.717) is 23.0 Å². The molecular formula is C19H21FN6O2S. The van der Waals surface area contributed by atoms with E-state index >= 15 is 0 Å². The Labute approximate surface area is 168 Å². The highest BCUT2D eigenvalue weighted by Gasteiger charge is 2.23. The Kier molecular flexibility index (Phi) is 5.05. The van der Waals surface area contributed by atoms with E-state index in [4.69, 9.17) is 0 Å². The molecule has 0 saturated carbocycles. The van der Waals surface area contributed by atoms with Crippen molar-refractivity contribution >= 4 is 15.7 Å². The molecule has 0 N–H and O–H groups in total. The molecule has 1 aliphatic rings. The molecule has 152 valence electrons. The van der Waals surface area contributed by atoms with E-state index in [9.17, 15) is 12.8 Å². The van der Waals surface area contributed by atoms with Crippen molar-refractivity contribution in [3.8, 4) is 11.4 Å². The maximum Gasteiger partial charge on any atom is 0.242 e. The standard InChI is InChI=1S/C19H21FN6O2S/c1-24(2)29(27,28)17-9-10-18-15(12-17)4-3-11-25(18)13-26-22-19(21-23-26)14-5-7-16(20)8-6-14/h5-10,12H,3-4,11,13H2,1-2H3. The van der Waals surface area contributed by atoms with Crippen LogP contribution >= 0.6 is 0 Å². The molecule has 0 saturated heterocycles. The second-order valence-electron chi connectivity index (χ2n) is 7.08. The average molecular weight is 416 g/mol. The molecule has 0 aliphatic carbocycles. The van der Waals surface area contributed by atoms with E-state index in [1.165, 1.54) is 35.3 Å². The number of anilines is 1. The van der Waals surface area contributed by atoms with E-state index < -0.39 is 10.0 Å². The van der Waals surface area contributed by atoms with Crippen molar-refractivity contribution in [2.75, 3.05) is 25.5 Å². The lowest BCUT2D eigenvalue weighted by atomic mass is 10.0. The lowest BCUT2D eigenvalue weighted by Gasteiger charge is -2.31. The number of tetrazole rings is 1. The van der Waals surface area contributed by atoms with Crippen LogP contribution in [0, 0.1) is 5.82 Å². The Bertz CT molecular complexity index is 1130. The second-order valence-corrected chi connectivity index (χ2v) is 9.23. The largest absolute Gasteiger partial charge is 0.350 e. The lowest BCUT2D eigenvalue weighted by Crippen LogP contribution is -2.32. The van der Waals surface area contributed by atoms with Crippen LogP contribution in [0.15, 0.2) is 47.4 Å². The molecule has 4 rings (SSSR count). The molecule has 0 unspecified atom stereocenters. The van der Waals surface area contributed by atoms with Crippen LogP contribution in [0.3, 0.4) is 0 Å². The number of nitrogens with zero attached hydrogens (tertiary/aromatic N) is 6. The zero-order chi connectivity index (χ0) is 20.6. The van der Waals surface area contributed by atoms with Crippen LogP contribution in [-0.2, 0) is 23.1 Å². The topological polar surface area (TPSA) is 84.2 Å². The van der Waals surface area contributed by atoms with Gasteiger partial charge in [0.05, 0.1) is 4.90 Å². The van der Waals surface area contributed by atoms with Gasteiger partial charge in [-0.05, 0) is 66.1 Å². The number of aromatic nitrogens is 4. The van der Waals surface area contributed by atoms with Crippen LogP contribution in [0.2, 0.25) is 0 Å². The number of aryl methyl sites for hydroxylation is 1. The van der Waals surface area contributed by atoms with Gasteiger partial charge in [0.2, 0.25) is 15.8 Å². The predicted molar refractivity (Wildman–Crippen MR) is 106 cm³/mol. The number of hydrogen-bond donors (Lipinski definition) is 0. The highest BCUT2D eigenvalue weighted by atomic mass is 32.2. The molecule has 0 bridgehead atoms. The SMILES string of the molecule is CN(C)S(=O)(=O)c1ccc2c(c1)CCCN2Cn1nnc(-c2ccc(F)cc2)n1. The number of halogens is 1. The summed E-state index contributed by atoms with van der Waals surface area (Å²) < 4.78 is 39.1. The van der Waals surface area contributed by atoms with Gasteiger partial charge in [-0.15, -0.1) is 15.0 Å². The average Bonchev–Trinajstić information content (AvgIpc) is 3.16. The minimum Gasteiger partial charge on any atom is -0.350 e. The smallest absolute Gasteiger partial charge is 0.242 e. The first-order valence-electron chi connectivity index (χ1n) is 9.19. The molecule has 0 amide bonds. The normalized spacial score (nSPS) is 14.3. The molecule has 0 radical (unpaired) electrons. The van der Waals surface area contributed by atoms with Crippen LogP contribution < -0.4 is 4.90 Å². The zero-order valence-corrected chi connectivity index (χ0v) is 17.0. The highest BCUT2D eigenvalue weighted by Crippen LogP contribution is 2.30. The van der Waals surface area contributed by atoms with Crippen LogP contribution in [0.5, 0.6) is 0 Å². The molecule has 0 fully saturated rings. The second kappa shape index (κ2) is 7.53. The van der Waals surface area contributed by atoms with Gasteiger partial charge in [0.25, 0.3) is 0 Å². The fourth-order valence-corrected chi connectivity index (χ4v) is 4.29. The third-order valence-electron chi connectivity index (χ3n) is 4.90. The van der Waals surface area contributed by atoms with Crippen LogP contribution in [-0.4, -0.2) is 53.6 Å². The summed E-state index contributed by atoms with van der Waals surface area (Å²) in [5.74, 6) is 0.108. The summed E-state index contributed by atoms with van der Waals surface area (Å²) in [4.78, 5) is 3.87. The quantitative estimate of drug-likeness (QED) is 0.634. The van der Waals surface area contributed by atoms with E-state index in [-0.39, 0.29) is 5.82 Å². The Morgan fingerprint density at radius 3 is 2.62 bits per heavy atom. The summed E-state index contributed by atoms with van der Waals surface area (Å²) in [6.45, 7) is 1.20. The fraction of sp³-hybridized carbons (Fsp3) is 0.316. The van der Waals surface area contributed by atoms with Gasteiger partial charge in [-0.1, -0.05) is 0 Å². The van der Waals surface area contributed by atoms with E-state index in [1.54, 1.807) is 24.3 Å². The molecule has 29 heavy (non-hydrogen) atoms. The maximum absolute atomic E-state index is 13.1. The first-order valence-corrected chi connectivity index (χ1v) is 10.6. The minimum atomic E-state index is -3.47. The van der Waals surface area contributed by atoms with Crippen molar-refractivity contribution in [2.24, 2.45) is 0 Å². The van der Waals surface area contributed by atoms with Crippen molar-refractivity contribution in [3.05, 3.63) is 53.8 Å². The lowest BCUT2D eigenvalue weighted by molar-refractivity contribution is 0.488. The van der Waals surface area contributed by atoms with Gasteiger partial charge in [-0.3, -0.25) is 0 Å². The van der Waals surface area contributed by atoms with E-state index in [2.05, 4.69) is 20.3 Å². The van der Waals surface area contributed by atoms with Crippen molar-refractivity contribution in [3.63, 3.8) is 0 Å². The van der Waals surface area contributed by atoms with Crippen LogP contribution in [0.25, 0.3) is 11.4 Å². The molecule has 1 aromatic heterocycles. The fourth-order valence-electron chi connectivity index (χ4n) is 3.34. The molecule has 0 atom stereocenters. The third-order valence-corrected chi connectivity index (χ3v) is 6.71. The Morgan fingerprint density at radius 2 is 1.90 bits per heavy atom. The molecule has 3 aromatic rings. The first-order chi connectivity index (χ1) is 13.8. The summed E-state index contributed by atoms with van der Waals surface area (Å²) in [5.41, 5.74) is 2.64.